The van der Waals surface area contributed by atoms with E-state index in [4.69, 9.17) is 4.74 Å². The van der Waals surface area contributed by atoms with Gasteiger partial charge in [0.15, 0.2) is 0 Å². The molecule has 90 valence electrons. The van der Waals surface area contributed by atoms with Crippen molar-refractivity contribution in [2.24, 2.45) is 0 Å². The standard InChI is InChI=1S/C12H26N2O/c1-11(2)14(8-9-15-4)10-12(3)6-5-7-13-12/h11,13H,5-10H2,1-4H3. The Morgan fingerprint density at radius 3 is 2.67 bits per heavy atom. The molecule has 1 aliphatic heterocycles. The van der Waals surface area contributed by atoms with Gasteiger partial charge in [-0.3, -0.25) is 4.90 Å². The van der Waals surface area contributed by atoms with Gasteiger partial charge in [0.25, 0.3) is 0 Å². The van der Waals surface area contributed by atoms with E-state index in [1.54, 1.807) is 7.11 Å². The van der Waals surface area contributed by atoms with E-state index in [2.05, 4.69) is 31.0 Å². The van der Waals surface area contributed by atoms with E-state index < -0.39 is 0 Å². The third-order valence-corrected chi connectivity index (χ3v) is 3.32. The predicted molar refractivity (Wildman–Crippen MR) is 64.2 cm³/mol. The molecule has 0 aliphatic carbocycles. The third-order valence-electron chi connectivity index (χ3n) is 3.32. The molecule has 0 spiro atoms. The van der Waals surface area contributed by atoms with E-state index in [-0.39, 0.29) is 0 Å². The van der Waals surface area contributed by atoms with Gasteiger partial charge in [0.2, 0.25) is 0 Å². The van der Waals surface area contributed by atoms with Crippen molar-refractivity contribution in [1.29, 1.82) is 0 Å². The van der Waals surface area contributed by atoms with Gasteiger partial charge in [-0.2, -0.15) is 0 Å². The summed E-state index contributed by atoms with van der Waals surface area (Å²) in [6.45, 7) is 11.0. The predicted octanol–water partition coefficient (Wildman–Crippen LogP) is 1.49. The minimum Gasteiger partial charge on any atom is -0.383 e. The quantitative estimate of drug-likeness (QED) is 0.725. The first-order valence-corrected chi connectivity index (χ1v) is 6.05. The van der Waals surface area contributed by atoms with Crippen LogP contribution in [0.2, 0.25) is 0 Å². The fourth-order valence-corrected chi connectivity index (χ4v) is 2.27. The second kappa shape index (κ2) is 5.83. The van der Waals surface area contributed by atoms with Crippen molar-refractivity contribution in [2.45, 2.75) is 45.2 Å². The summed E-state index contributed by atoms with van der Waals surface area (Å²) in [5.41, 5.74) is 0.317. The number of methoxy groups -OCH3 is 1. The van der Waals surface area contributed by atoms with Gasteiger partial charge < -0.3 is 10.1 Å². The first-order chi connectivity index (χ1) is 7.07. The fraction of sp³-hybridized carbons (Fsp3) is 1.00. The number of hydrogen-bond acceptors (Lipinski definition) is 3. The molecule has 3 nitrogen and oxygen atoms in total. The summed E-state index contributed by atoms with van der Waals surface area (Å²) in [6, 6.07) is 0.597. The highest BCUT2D eigenvalue weighted by Crippen LogP contribution is 2.20. The topological polar surface area (TPSA) is 24.5 Å². The van der Waals surface area contributed by atoms with Crippen molar-refractivity contribution in [2.75, 3.05) is 33.4 Å². The summed E-state index contributed by atoms with van der Waals surface area (Å²) in [4.78, 5) is 2.50. The molecule has 1 atom stereocenters. The van der Waals surface area contributed by atoms with Crippen LogP contribution < -0.4 is 5.32 Å². The molecule has 0 saturated carbocycles. The minimum atomic E-state index is 0.317. The van der Waals surface area contributed by atoms with Crippen LogP contribution >= 0.6 is 0 Å². The Morgan fingerprint density at radius 1 is 1.47 bits per heavy atom. The zero-order chi connectivity index (χ0) is 11.3. The molecule has 1 rings (SSSR count). The van der Waals surface area contributed by atoms with Gasteiger partial charge in [0.1, 0.15) is 0 Å². The van der Waals surface area contributed by atoms with Gasteiger partial charge in [0, 0.05) is 31.8 Å². The Morgan fingerprint density at radius 2 is 2.20 bits per heavy atom. The highest BCUT2D eigenvalue weighted by atomic mass is 16.5. The lowest BCUT2D eigenvalue weighted by molar-refractivity contribution is 0.108. The van der Waals surface area contributed by atoms with Crippen LogP contribution in [0.15, 0.2) is 0 Å². The summed E-state index contributed by atoms with van der Waals surface area (Å²) < 4.78 is 5.16. The molecule has 1 N–H and O–H groups in total. The molecule has 1 saturated heterocycles. The zero-order valence-electron chi connectivity index (χ0n) is 10.7. The Bertz CT molecular complexity index is 176. The summed E-state index contributed by atoms with van der Waals surface area (Å²) in [5.74, 6) is 0. The van der Waals surface area contributed by atoms with Crippen LogP contribution in [0.3, 0.4) is 0 Å². The number of rotatable bonds is 6. The maximum atomic E-state index is 5.16. The van der Waals surface area contributed by atoms with Crippen LogP contribution in [0.4, 0.5) is 0 Å². The number of nitrogens with zero attached hydrogens (tertiary/aromatic N) is 1. The maximum absolute atomic E-state index is 5.16. The van der Waals surface area contributed by atoms with Crippen molar-refractivity contribution in [1.82, 2.24) is 10.2 Å². The Balaban J connectivity index is 2.42. The number of ether oxygens (including phenoxy) is 1. The molecule has 15 heavy (non-hydrogen) atoms. The van der Waals surface area contributed by atoms with Crippen molar-refractivity contribution in [3.05, 3.63) is 0 Å². The maximum Gasteiger partial charge on any atom is 0.0589 e. The van der Waals surface area contributed by atoms with Crippen molar-refractivity contribution < 1.29 is 4.74 Å². The van der Waals surface area contributed by atoms with Gasteiger partial charge in [-0.05, 0) is 40.2 Å². The summed E-state index contributed by atoms with van der Waals surface area (Å²) >= 11 is 0. The Kier molecular flexibility index (Phi) is 5.03. The summed E-state index contributed by atoms with van der Waals surface area (Å²) in [5, 5.41) is 3.61. The molecular weight excluding hydrogens is 188 g/mol. The highest BCUT2D eigenvalue weighted by molar-refractivity contribution is 4.91. The van der Waals surface area contributed by atoms with E-state index in [0.29, 0.717) is 11.6 Å². The second-order valence-electron chi connectivity index (χ2n) is 5.15. The zero-order valence-corrected chi connectivity index (χ0v) is 10.7. The Labute approximate surface area is 94.2 Å². The van der Waals surface area contributed by atoms with Crippen LogP contribution in [0.1, 0.15) is 33.6 Å². The lowest BCUT2D eigenvalue weighted by Crippen LogP contribution is -2.50. The van der Waals surface area contributed by atoms with E-state index in [0.717, 1.165) is 19.7 Å². The van der Waals surface area contributed by atoms with E-state index >= 15 is 0 Å². The molecule has 1 fully saturated rings. The molecule has 0 aromatic heterocycles. The molecule has 0 amide bonds. The molecule has 0 aromatic carbocycles. The van der Waals surface area contributed by atoms with Crippen LogP contribution in [-0.4, -0.2) is 49.8 Å². The fourth-order valence-electron chi connectivity index (χ4n) is 2.27. The molecule has 1 heterocycles. The molecule has 0 aromatic rings. The first-order valence-electron chi connectivity index (χ1n) is 6.05. The number of hydrogen-bond donors (Lipinski definition) is 1. The average molecular weight is 214 g/mol. The molecule has 0 radical (unpaired) electrons. The minimum absolute atomic E-state index is 0.317. The monoisotopic (exact) mass is 214 g/mol. The van der Waals surface area contributed by atoms with E-state index in [1.807, 2.05) is 0 Å². The SMILES string of the molecule is COCCN(CC1(C)CCCN1)C(C)C. The van der Waals surface area contributed by atoms with Gasteiger partial charge in [0.05, 0.1) is 6.61 Å². The lowest BCUT2D eigenvalue weighted by atomic mass is 9.99. The largest absolute Gasteiger partial charge is 0.383 e. The number of nitrogens with one attached hydrogen (secondary N) is 1. The average Bonchev–Trinajstić information content (AvgIpc) is 2.59. The van der Waals surface area contributed by atoms with Gasteiger partial charge in [-0.15, -0.1) is 0 Å². The van der Waals surface area contributed by atoms with Gasteiger partial charge in [-0.1, -0.05) is 0 Å². The Hall–Kier alpha value is -0.120. The molecule has 1 aliphatic rings. The smallest absolute Gasteiger partial charge is 0.0589 e. The van der Waals surface area contributed by atoms with Crippen LogP contribution in [0.25, 0.3) is 0 Å². The molecular formula is C12H26N2O. The molecule has 0 bridgehead atoms. The molecule has 3 heteroatoms. The van der Waals surface area contributed by atoms with Crippen molar-refractivity contribution >= 4 is 0 Å². The third kappa shape index (κ3) is 4.09. The van der Waals surface area contributed by atoms with Crippen LogP contribution in [0, 0.1) is 0 Å². The summed E-state index contributed by atoms with van der Waals surface area (Å²) in [7, 11) is 1.77. The van der Waals surface area contributed by atoms with E-state index in [9.17, 15) is 0 Å². The summed E-state index contributed by atoms with van der Waals surface area (Å²) in [6.07, 6.45) is 2.61. The normalized spacial score (nSPS) is 26.8. The van der Waals surface area contributed by atoms with Crippen LogP contribution in [0.5, 0.6) is 0 Å². The van der Waals surface area contributed by atoms with Crippen molar-refractivity contribution in [3.8, 4) is 0 Å². The van der Waals surface area contributed by atoms with Crippen molar-refractivity contribution in [3.63, 3.8) is 0 Å². The van der Waals surface area contributed by atoms with E-state index in [1.165, 1.54) is 19.4 Å². The molecule has 1 unspecified atom stereocenters. The lowest BCUT2D eigenvalue weighted by Gasteiger charge is -2.35. The first kappa shape index (κ1) is 12.9. The van der Waals surface area contributed by atoms with Gasteiger partial charge in [-0.25, -0.2) is 0 Å². The van der Waals surface area contributed by atoms with Crippen LogP contribution in [-0.2, 0) is 4.74 Å². The highest BCUT2D eigenvalue weighted by Gasteiger charge is 2.30. The van der Waals surface area contributed by atoms with Gasteiger partial charge >= 0.3 is 0 Å². The second-order valence-corrected chi connectivity index (χ2v) is 5.15.